The molecule has 0 saturated heterocycles. The molecule has 0 bridgehead atoms. The highest BCUT2D eigenvalue weighted by molar-refractivity contribution is 7.25. The smallest absolute Gasteiger partial charge is 0.143 e. The predicted octanol–water partition coefficient (Wildman–Crippen LogP) is 10.8. The maximum absolute atomic E-state index is 9.60. The second kappa shape index (κ2) is 8.95. The van der Waals surface area contributed by atoms with Crippen molar-refractivity contribution in [1.82, 2.24) is 0 Å². The van der Waals surface area contributed by atoms with Crippen LogP contribution >= 0.6 is 11.3 Å². The molecular formula is C37H21NOS. The fourth-order valence-electron chi connectivity index (χ4n) is 5.86. The molecule has 0 unspecified atom stereocenters. The van der Waals surface area contributed by atoms with E-state index in [-0.39, 0.29) is 0 Å². The number of hydrogen-bond acceptors (Lipinski definition) is 3. The van der Waals surface area contributed by atoms with E-state index in [1.54, 1.807) is 0 Å². The number of thiophene rings is 1. The Bertz CT molecular complexity index is 2300. The van der Waals surface area contributed by atoms with Crippen molar-refractivity contribution >= 4 is 53.4 Å². The molecule has 186 valence electrons. The summed E-state index contributed by atoms with van der Waals surface area (Å²) in [4.78, 5) is 0. The van der Waals surface area contributed by atoms with E-state index in [0.29, 0.717) is 5.56 Å². The third kappa shape index (κ3) is 3.55. The van der Waals surface area contributed by atoms with Crippen LogP contribution in [0.4, 0.5) is 0 Å². The summed E-state index contributed by atoms with van der Waals surface area (Å²) < 4.78 is 9.00. The van der Waals surface area contributed by atoms with Gasteiger partial charge in [0.15, 0.2) is 0 Å². The summed E-state index contributed by atoms with van der Waals surface area (Å²) in [5.41, 5.74) is 8.97. The molecule has 40 heavy (non-hydrogen) atoms. The molecule has 0 aliphatic rings. The highest BCUT2D eigenvalue weighted by atomic mass is 32.1. The normalized spacial score (nSPS) is 11.5. The number of para-hydroxylation sites is 2. The SMILES string of the molecule is N#Cc1cccc(-c2cc(-c3cccc4c3oc3ccccc34)cc(-c3cccc4sc5ccccc5c34)c2)c1. The fourth-order valence-corrected chi connectivity index (χ4v) is 7.00. The largest absolute Gasteiger partial charge is 0.455 e. The zero-order chi connectivity index (χ0) is 26.6. The van der Waals surface area contributed by atoms with E-state index < -0.39 is 0 Å². The Morgan fingerprint density at radius 2 is 1.20 bits per heavy atom. The first kappa shape index (κ1) is 22.8. The molecule has 0 aliphatic heterocycles. The molecular weight excluding hydrogens is 506 g/mol. The zero-order valence-electron chi connectivity index (χ0n) is 21.4. The molecule has 0 spiro atoms. The molecule has 0 aliphatic carbocycles. The molecule has 2 nitrogen and oxygen atoms in total. The van der Waals surface area contributed by atoms with Gasteiger partial charge >= 0.3 is 0 Å². The summed E-state index contributed by atoms with van der Waals surface area (Å²) in [6, 6.07) is 46.7. The Balaban J connectivity index is 1.44. The quantitative estimate of drug-likeness (QED) is 0.229. The van der Waals surface area contributed by atoms with E-state index in [0.717, 1.165) is 49.8 Å². The van der Waals surface area contributed by atoms with Crippen LogP contribution in [0.1, 0.15) is 5.56 Å². The zero-order valence-corrected chi connectivity index (χ0v) is 22.2. The maximum Gasteiger partial charge on any atom is 0.143 e. The molecule has 6 aromatic carbocycles. The van der Waals surface area contributed by atoms with Gasteiger partial charge in [-0.3, -0.25) is 0 Å². The standard InChI is InChI=1S/C37H21NOS/c38-22-23-8-5-9-24(18-23)25-19-26(28-12-7-17-35-36(28)32-11-2-4-16-34(32)40-35)21-27(20-25)29-13-6-14-31-30-10-1-3-15-33(30)39-37(29)31/h1-21H. The minimum absolute atomic E-state index is 0.648. The third-order valence-corrected chi connectivity index (χ3v) is 8.82. The maximum atomic E-state index is 9.60. The number of rotatable bonds is 3. The van der Waals surface area contributed by atoms with Gasteiger partial charge in [0, 0.05) is 36.5 Å². The number of fused-ring (bicyclic) bond motifs is 6. The first-order valence-corrected chi connectivity index (χ1v) is 14.1. The lowest BCUT2D eigenvalue weighted by Crippen LogP contribution is -1.88. The summed E-state index contributed by atoms with van der Waals surface area (Å²) in [7, 11) is 0. The molecule has 0 N–H and O–H groups in total. The highest BCUT2D eigenvalue weighted by Crippen LogP contribution is 2.43. The first-order valence-electron chi connectivity index (χ1n) is 13.2. The minimum Gasteiger partial charge on any atom is -0.455 e. The van der Waals surface area contributed by atoms with Crippen LogP contribution in [0, 0.1) is 11.3 Å². The van der Waals surface area contributed by atoms with Crippen molar-refractivity contribution in [2.45, 2.75) is 0 Å². The van der Waals surface area contributed by atoms with Crippen molar-refractivity contribution in [3.8, 4) is 39.4 Å². The monoisotopic (exact) mass is 527 g/mol. The lowest BCUT2D eigenvalue weighted by molar-refractivity contribution is 0.670. The second-order valence-electron chi connectivity index (χ2n) is 10.0. The minimum atomic E-state index is 0.648. The number of hydrogen-bond donors (Lipinski definition) is 0. The van der Waals surface area contributed by atoms with Gasteiger partial charge in [-0.1, -0.05) is 78.9 Å². The van der Waals surface area contributed by atoms with Crippen molar-refractivity contribution in [2.75, 3.05) is 0 Å². The lowest BCUT2D eigenvalue weighted by atomic mass is 9.91. The Morgan fingerprint density at radius 3 is 2.10 bits per heavy atom. The van der Waals surface area contributed by atoms with Crippen molar-refractivity contribution in [2.24, 2.45) is 0 Å². The van der Waals surface area contributed by atoms with Gasteiger partial charge in [-0.05, 0) is 76.3 Å². The second-order valence-corrected chi connectivity index (χ2v) is 11.1. The first-order chi connectivity index (χ1) is 19.8. The average molecular weight is 528 g/mol. The van der Waals surface area contributed by atoms with Crippen molar-refractivity contribution in [3.63, 3.8) is 0 Å². The Hall–Kier alpha value is -5.17. The summed E-state index contributed by atoms with van der Waals surface area (Å²) in [5, 5.41) is 14.4. The van der Waals surface area contributed by atoms with Crippen LogP contribution < -0.4 is 0 Å². The molecule has 0 amide bonds. The van der Waals surface area contributed by atoms with Gasteiger partial charge in [0.2, 0.25) is 0 Å². The van der Waals surface area contributed by atoms with E-state index in [2.05, 4.69) is 103 Å². The van der Waals surface area contributed by atoms with Crippen LogP contribution in [0.25, 0.3) is 75.5 Å². The summed E-state index contributed by atoms with van der Waals surface area (Å²) in [5.74, 6) is 0. The van der Waals surface area contributed by atoms with Gasteiger partial charge in [0.05, 0.1) is 11.6 Å². The van der Waals surface area contributed by atoms with Gasteiger partial charge in [-0.15, -0.1) is 11.3 Å². The molecule has 8 rings (SSSR count). The molecule has 0 fully saturated rings. The van der Waals surface area contributed by atoms with Gasteiger partial charge in [-0.25, -0.2) is 0 Å². The Kier molecular flexibility index (Phi) is 5.10. The molecule has 8 aromatic rings. The molecule has 0 saturated carbocycles. The van der Waals surface area contributed by atoms with Crippen LogP contribution in [-0.4, -0.2) is 0 Å². The number of furan rings is 1. The summed E-state index contributed by atoms with van der Waals surface area (Å²) >= 11 is 1.83. The van der Waals surface area contributed by atoms with Crippen molar-refractivity contribution in [1.29, 1.82) is 5.26 Å². The molecule has 0 atom stereocenters. The van der Waals surface area contributed by atoms with Gasteiger partial charge in [-0.2, -0.15) is 5.26 Å². The van der Waals surface area contributed by atoms with Crippen LogP contribution in [0.2, 0.25) is 0 Å². The molecule has 3 heteroatoms. The van der Waals surface area contributed by atoms with E-state index in [1.807, 2.05) is 41.7 Å². The van der Waals surface area contributed by atoms with E-state index in [4.69, 9.17) is 4.42 Å². The highest BCUT2D eigenvalue weighted by Gasteiger charge is 2.16. The number of nitrogens with zero attached hydrogens (tertiary/aromatic N) is 1. The van der Waals surface area contributed by atoms with Crippen LogP contribution in [-0.2, 0) is 0 Å². The molecule has 0 radical (unpaired) electrons. The van der Waals surface area contributed by atoms with E-state index >= 15 is 0 Å². The molecule has 2 aromatic heterocycles. The summed E-state index contributed by atoms with van der Waals surface area (Å²) in [6.07, 6.45) is 0. The van der Waals surface area contributed by atoms with Gasteiger partial charge < -0.3 is 4.42 Å². The van der Waals surface area contributed by atoms with Crippen molar-refractivity contribution in [3.05, 3.63) is 133 Å². The van der Waals surface area contributed by atoms with Crippen molar-refractivity contribution < 1.29 is 4.42 Å². The fraction of sp³-hybridized carbons (Fsp3) is 0. The predicted molar refractivity (Wildman–Crippen MR) is 168 cm³/mol. The van der Waals surface area contributed by atoms with Crippen LogP contribution in [0.15, 0.2) is 132 Å². The number of benzene rings is 6. The van der Waals surface area contributed by atoms with Gasteiger partial charge in [0.1, 0.15) is 11.2 Å². The topological polar surface area (TPSA) is 36.9 Å². The van der Waals surface area contributed by atoms with E-state index in [9.17, 15) is 5.26 Å². The Morgan fingerprint density at radius 1 is 0.525 bits per heavy atom. The van der Waals surface area contributed by atoms with Gasteiger partial charge in [0.25, 0.3) is 0 Å². The van der Waals surface area contributed by atoms with Crippen LogP contribution in [0.5, 0.6) is 0 Å². The third-order valence-electron chi connectivity index (χ3n) is 7.69. The molecule has 2 heterocycles. The number of nitriles is 1. The van der Waals surface area contributed by atoms with E-state index in [1.165, 1.54) is 25.7 Å². The van der Waals surface area contributed by atoms with Crippen LogP contribution in [0.3, 0.4) is 0 Å². The Labute approximate surface area is 235 Å². The average Bonchev–Trinajstić information content (AvgIpc) is 3.59. The summed E-state index contributed by atoms with van der Waals surface area (Å²) in [6.45, 7) is 0. The lowest BCUT2D eigenvalue weighted by Gasteiger charge is -2.13.